The van der Waals surface area contributed by atoms with Crippen LogP contribution in [0, 0.1) is 17.7 Å². The Kier molecular flexibility index (Phi) is 5.53. The van der Waals surface area contributed by atoms with E-state index in [1.807, 2.05) is 4.57 Å². The van der Waals surface area contributed by atoms with Crippen molar-refractivity contribution < 1.29 is 19.1 Å². The van der Waals surface area contributed by atoms with Crippen molar-refractivity contribution in [2.45, 2.75) is 82.1 Å². The largest absolute Gasteiger partial charge is 0.494 e. The lowest BCUT2D eigenvalue weighted by molar-refractivity contribution is 0.116. The molecule has 2 bridgehead atoms. The van der Waals surface area contributed by atoms with Crippen LogP contribution in [0.15, 0.2) is 22.7 Å². The van der Waals surface area contributed by atoms with Crippen LogP contribution in [0.25, 0.3) is 11.0 Å². The van der Waals surface area contributed by atoms with Crippen LogP contribution in [-0.2, 0) is 6.54 Å². The number of nitrogens with zero attached hydrogens (tertiary/aromatic N) is 3. The molecule has 3 heterocycles. The lowest BCUT2D eigenvalue weighted by Crippen LogP contribution is -2.40. The Morgan fingerprint density at radius 3 is 2.22 bits per heavy atom. The number of fused-ring (bicyclic) bond motifs is 6. The zero-order valence-electron chi connectivity index (χ0n) is 20.8. The molecular weight excluding hydrogens is 457 g/mol. The number of aromatic hydroxyl groups is 2. The van der Waals surface area contributed by atoms with Gasteiger partial charge in [-0.25, -0.2) is 4.39 Å². The van der Waals surface area contributed by atoms with Crippen molar-refractivity contribution in [1.29, 1.82) is 0 Å². The molecule has 2 aromatic heterocycles. The maximum Gasteiger partial charge on any atom is 0.197 e. The fourth-order valence-corrected chi connectivity index (χ4v) is 8.06. The van der Waals surface area contributed by atoms with E-state index in [-0.39, 0.29) is 5.82 Å². The summed E-state index contributed by atoms with van der Waals surface area (Å²) < 4.78 is 20.8. The van der Waals surface area contributed by atoms with Gasteiger partial charge in [0.05, 0.1) is 5.69 Å². The zero-order valence-corrected chi connectivity index (χ0v) is 20.8. The van der Waals surface area contributed by atoms with Gasteiger partial charge in [0.15, 0.2) is 17.3 Å². The number of rotatable bonds is 5. The van der Waals surface area contributed by atoms with Gasteiger partial charge < -0.3 is 19.6 Å². The maximum atomic E-state index is 13.5. The molecule has 0 radical (unpaired) electrons. The molecule has 1 aromatic carbocycles. The molecule has 1 aliphatic heterocycles. The minimum absolute atomic E-state index is 0.291. The number of likely N-dealkylation sites (tertiary alicyclic amines) is 1. The van der Waals surface area contributed by atoms with Gasteiger partial charge in [0.1, 0.15) is 5.82 Å². The molecule has 3 fully saturated rings. The van der Waals surface area contributed by atoms with Crippen LogP contribution in [-0.4, -0.2) is 44.5 Å². The van der Waals surface area contributed by atoms with Crippen molar-refractivity contribution in [3.63, 3.8) is 0 Å². The third kappa shape index (κ3) is 3.65. The Morgan fingerprint density at radius 1 is 0.861 bits per heavy atom. The first kappa shape index (κ1) is 22.6. The molecule has 0 spiro atoms. The Balaban J connectivity index is 1.02. The van der Waals surface area contributed by atoms with Gasteiger partial charge in [0, 0.05) is 41.6 Å². The van der Waals surface area contributed by atoms with E-state index in [9.17, 15) is 14.6 Å². The average molecular weight is 494 g/mol. The van der Waals surface area contributed by atoms with E-state index in [1.54, 1.807) is 6.07 Å². The van der Waals surface area contributed by atoms with Crippen LogP contribution in [0.5, 0.6) is 11.8 Å². The molecule has 36 heavy (non-hydrogen) atoms. The minimum Gasteiger partial charge on any atom is -0.494 e. The van der Waals surface area contributed by atoms with Crippen LogP contribution in [0.1, 0.15) is 92.4 Å². The van der Waals surface area contributed by atoms with Crippen LogP contribution >= 0.6 is 0 Å². The molecule has 3 aromatic rings. The summed E-state index contributed by atoms with van der Waals surface area (Å²) in [6.07, 6.45) is 10.4. The number of benzene rings is 1. The summed E-state index contributed by atoms with van der Waals surface area (Å²) in [7, 11) is 0. The summed E-state index contributed by atoms with van der Waals surface area (Å²) in [5, 5.41) is 27.4. The predicted molar refractivity (Wildman–Crippen MR) is 135 cm³/mol. The van der Waals surface area contributed by atoms with Crippen LogP contribution in [0.2, 0.25) is 0 Å². The predicted octanol–water partition coefficient (Wildman–Crippen LogP) is 6.23. The van der Waals surface area contributed by atoms with Crippen molar-refractivity contribution >= 4 is 11.0 Å². The lowest BCUT2D eigenvalue weighted by atomic mass is 9.78. The number of hydrogen-bond donors (Lipinski definition) is 2. The summed E-state index contributed by atoms with van der Waals surface area (Å²) in [4.78, 5) is 2.59. The average Bonchev–Trinajstić information content (AvgIpc) is 3.66. The molecular formula is C29H36FN3O3. The topological polar surface area (TPSA) is 74.7 Å². The molecule has 0 amide bonds. The van der Waals surface area contributed by atoms with Crippen LogP contribution in [0.4, 0.5) is 4.39 Å². The van der Waals surface area contributed by atoms with Crippen LogP contribution < -0.4 is 0 Å². The number of hydrogen-bond acceptors (Lipinski definition) is 5. The molecule has 2 N–H and O–H groups in total. The zero-order chi connectivity index (χ0) is 24.4. The van der Waals surface area contributed by atoms with Crippen molar-refractivity contribution in [2.24, 2.45) is 11.8 Å². The number of piperidine rings is 1. The smallest absolute Gasteiger partial charge is 0.197 e. The highest BCUT2D eigenvalue weighted by atomic mass is 19.1. The third-order valence-electron chi connectivity index (χ3n) is 9.94. The molecule has 1 saturated heterocycles. The van der Waals surface area contributed by atoms with Gasteiger partial charge in [-0.3, -0.25) is 4.57 Å². The minimum atomic E-state index is -0.291. The highest BCUT2D eigenvalue weighted by Gasteiger charge is 2.44. The summed E-state index contributed by atoms with van der Waals surface area (Å²) in [5.41, 5.74) is 3.62. The summed E-state index contributed by atoms with van der Waals surface area (Å²) in [6.45, 7) is 3.87. The van der Waals surface area contributed by atoms with Crippen molar-refractivity contribution in [2.75, 3.05) is 19.6 Å². The molecule has 4 unspecified atom stereocenters. The summed E-state index contributed by atoms with van der Waals surface area (Å²) in [6, 6.07) is 4.70. The molecule has 192 valence electrons. The van der Waals surface area contributed by atoms with E-state index in [0.29, 0.717) is 46.9 Å². The second kappa shape index (κ2) is 8.79. The van der Waals surface area contributed by atoms with E-state index in [0.717, 1.165) is 86.9 Å². The SMILES string of the molecule is Oc1c2c(c(O)n1CC1CCCCC1CN1CCC(c3noc4cc(F)ccc34)CC1)C1CCC2C1. The summed E-state index contributed by atoms with van der Waals surface area (Å²) in [5.74, 6) is 2.70. The molecule has 4 aliphatic rings. The van der Waals surface area contributed by atoms with Crippen molar-refractivity contribution in [1.82, 2.24) is 14.6 Å². The summed E-state index contributed by atoms with van der Waals surface area (Å²) >= 11 is 0. The van der Waals surface area contributed by atoms with Crippen LogP contribution in [0.3, 0.4) is 0 Å². The van der Waals surface area contributed by atoms with Crippen molar-refractivity contribution in [3.05, 3.63) is 40.8 Å². The second-order valence-corrected chi connectivity index (χ2v) is 11.9. The standard InChI is InChI=1S/C29H36FN3O3/c30-22-7-8-23-24(14-22)36-31-27(23)17-9-11-32(12-10-17)15-20-3-1-2-4-21(20)16-33-28(34)25-18-5-6-19(13-18)26(25)29(33)35/h7-8,14,17-21,34-35H,1-6,9-13,15-16H2. The Labute approximate surface area is 211 Å². The van der Waals surface area contributed by atoms with E-state index in [4.69, 9.17) is 4.52 Å². The molecule has 6 nitrogen and oxygen atoms in total. The quantitative estimate of drug-likeness (QED) is 0.441. The Morgan fingerprint density at radius 2 is 1.53 bits per heavy atom. The Bertz CT molecular complexity index is 1240. The highest BCUT2D eigenvalue weighted by Crippen LogP contribution is 2.60. The molecule has 7 rings (SSSR count). The fraction of sp³-hybridized carbons (Fsp3) is 0.621. The van der Waals surface area contributed by atoms with Gasteiger partial charge in [0.25, 0.3) is 0 Å². The van der Waals surface area contributed by atoms with E-state index in [1.165, 1.54) is 31.4 Å². The first-order valence-electron chi connectivity index (χ1n) is 14.0. The molecule has 4 atom stereocenters. The molecule has 2 saturated carbocycles. The maximum absolute atomic E-state index is 13.5. The van der Waals surface area contributed by atoms with Gasteiger partial charge in [-0.2, -0.15) is 0 Å². The molecule has 3 aliphatic carbocycles. The van der Waals surface area contributed by atoms with E-state index < -0.39 is 0 Å². The highest BCUT2D eigenvalue weighted by molar-refractivity contribution is 5.79. The van der Waals surface area contributed by atoms with Crippen molar-refractivity contribution in [3.8, 4) is 11.8 Å². The fourth-order valence-electron chi connectivity index (χ4n) is 8.06. The van der Waals surface area contributed by atoms with Gasteiger partial charge in [-0.1, -0.05) is 18.0 Å². The normalized spacial score (nSPS) is 28.8. The first-order chi connectivity index (χ1) is 17.6. The molecule has 7 heteroatoms. The monoisotopic (exact) mass is 493 g/mol. The van der Waals surface area contributed by atoms with Gasteiger partial charge >= 0.3 is 0 Å². The Hall–Kier alpha value is -2.54. The number of aromatic nitrogens is 2. The first-order valence-corrected chi connectivity index (χ1v) is 14.0. The van der Waals surface area contributed by atoms with E-state index >= 15 is 0 Å². The van der Waals surface area contributed by atoms with Gasteiger partial charge in [-0.05, 0) is 93.8 Å². The van der Waals surface area contributed by atoms with Gasteiger partial charge in [-0.15, -0.1) is 0 Å². The van der Waals surface area contributed by atoms with Gasteiger partial charge in [0.2, 0.25) is 0 Å². The lowest BCUT2D eigenvalue weighted by Gasteiger charge is -2.38. The third-order valence-corrected chi connectivity index (χ3v) is 9.94. The number of halogens is 1. The van der Waals surface area contributed by atoms with E-state index in [2.05, 4.69) is 10.1 Å². The second-order valence-electron chi connectivity index (χ2n) is 11.9.